The van der Waals surface area contributed by atoms with Gasteiger partial charge in [-0.1, -0.05) is 40.4 Å². The predicted molar refractivity (Wildman–Crippen MR) is 93.2 cm³/mol. The average Bonchev–Trinajstić information content (AvgIpc) is 3.19. The second kappa shape index (κ2) is 6.22. The van der Waals surface area contributed by atoms with Crippen LogP contribution in [0.2, 0.25) is 4.47 Å². The van der Waals surface area contributed by atoms with Gasteiger partial charge in [0, 0.05) is 28.7 Å². The summed E-state index contributed by atoms with van der Waals surface area (Å²) in [5, 5.41) is 4.62. The summed E-state index contributed by atoms with van der Waals surface area (Å²) in [6.07, 6.45) is 2.51. The van der Waals surface area contributed by atoms with Crippen LogP contribution in [0.3, 0.4) is 0 Å². The first-order chi connectivity index (χ1) is 11.8. The van der Waals surface area contributed by atoms with Gasteiger partial charge in [-0.05, 0) is 18.2 Å². The van der Waals surface area contributed by atoms with Crippen molar-refractivity contribution >= 4 is 28.6 Å². The van der Waals surface area contributed by atoms with E-state index >= 15 is 0 Å². The van der Waals surface area contributed by atoms with E-state index in [4.69, 9.17) is 16.3 Å². The van der Waals surface area contributed by atoms with Crippen molar-refractivity contribution in [3.8, 4) is 11.7 Å². The van der Waals surface area contributed by atoms with Crippen molar-refractivity contribution in [1.29, 1.82) is 0 Å². The molecule has 4 aromatic rings. The van der Waals surface area contributed by atoms with Crippen LogP contribution >= 0.6 is 22.9 Å². The minimum Gasteiger partial charge on any atom is -0.448 e. The molecule has 7 heteroatoms. The molecule has 0 fully saturated rings. The molecule has 3 aromatic heterocycles. The first-order valence-electron chi connectivity index (χ1n) is 7.38. The Bertz CT molecular complexity index is 996. The quantitative estimate of drug-likeness (QED) is 0.526. The molecular formula is C17H14ClN4OS+. The third-order valence-electron chi connectivity index (χ3n) is 3.71. The van der Waals surface area contributed by atoms with Gasteiger partial charge in [0.25, 0.3) is 0 Å². The normalized spacial score (nSPS) is 11.1. The van der Waals surface area contributed by atoms with Gasteiger partial charge in [0.2, 0.25) is 0 Å². The van der Waals surface area contributed by atoms with Crippen molar-refractivity contribution in [3.63, 3.8) is 0 Å². The van der Waals surface area contributed by atoms with Crippen LogP contribution in [0.4, 0.5) is 0 Å². The highest BCUT2D eigenvalue weighted by Crippen LogP contribution is 2.22. The van der Waals surface area contributed by atoms with Crippen molar-refractivity contribution in [1.82, 2.24) is 14.6 Å². The Balaban J connectivity index is 1.88. The topological polar surface area (TPSA) is 44.0 Å². The smallest absolute Gasteiger partial charge is 0.432 e. The van der Waals surface area contributed by atoms with Crippen molar-refractivity contribution in [2.75, 3.05) is 7.11 Å². The van der Waals surface area contributed by atoms with Crippen molar-refractivity contribution in [3.05, 3.63) is 69.8 Å². The molecule has 0 N–H and O–H groups in total. The minimum atomic E-state index is 0.538. The number of fused-ring (bicyclic) bond motifs is 1. The van der Waals surface area contributed by atoms with E-state index in [9.17, 15) is 0 Å². The SMILES string of the molecule is COc1n[n+]2c(Cc3cnc(Cl)s3)cccc2n1-c1ccccc1. The fourth-order valence-corrected chi connectivity index (χ4v) is 3.67. The summed E-state index contributed by atoms with van der Waals surface area (Å²) >= 11 is 7.42. The number of rotatable bonds is 4. The molecule has 120 valence electrons. The third-order valence-corrected chi connectivity index (χ3v) is 4.82. The maximum atomic E-state index is 5.94. The summed E-state index contributed by atoms with van der Waals surface area (Å²) < 4.78 is 9.94. The van der Waals surface area contributed by atoms with E-state index in [0.29, 0.717) is 16.9 Å². The first kappa shape index (κ1) is 15.1. The lowest BCUT2D eigenvalue weighted by atomic mass is 10.2. The number of para-hydroxylation sites is 1. The molecule has 0 amide bonds. The Hall–Kier alpha value is -2.44. The predicted octanol–water partition coefficient (Wildman–Crippen LogP) is 3.32. The summed E-state index contributed by atoms with van der Waals surface area (Å²) in [5.41, 5.74) is 2.98. The monoisotopic (exact) mass is 357 g/mol. The minimum absolute atomic E-state index is 0.538. The molecule has 1 aromatic carbocycles. The number of pyridine rings is 1. The van der Waals surface area contributed by atoms with Crippen LogP contribution in [0.15, 0.2) is 54.7 Å². The zero-order valence-electron chi connectivity index (χ0n) is 12.9. The second-order valence-electron chi connectivity index (χ2n) is 5.20. The van der Waals surface area contributed by atoms with Crippen molar-refractivity contribution < 1.29 is 9.25 Å². The van der Waals surface area contributed by atoms with Crippen LogP contribution in [0.5, 0.6) is 6.01 Å². The lowest BCUT2D eigenvalue weighted by Gasteiger charge is -1.99. The van der Waals surface area contributed by atoms with E-state index < -0.39 is 0 Å². The second-order valence-corrected chi connectivity index (χ2v) is 6.90. The zero-order chi connectivity index (χ0) is 16.5. The van der Waals surface area contributed by atoms with Crippen LogP contribution < -0.4 is 9.25 Å². The number of aromatic nitrogens is 4. The Morgan fingerprint density at radius 2 is 2.00 bits per heavy atom. The zero-order valence-corrected chi connectivity index (χ0v) is 14.5. The van der Waals surface area contributed by atoms with Gasteiger partial charge in [-0.2, -0.15) is 0 Å². The Morgan fingerprint density at radius 1 is 1.17 bits per heavy atom. The summed E-state index contributed by atoms with van der Waals surface area (Å²) in [4.78, 5) is 5.19. The van der Waals surface area contributed by atoms with E-state index in [2.05, 4.69) is 10.1 Å². The molecule has 4 rings (SSSR count). The molecule has 0 bridgehead atoms. The van der Waals surface area contributed by atoms with Crippen LogP contribution in [0.1, 0.15) is 10.6 Å². The standard InChI is InChI=1S/C17H14ClN4OS/c1-23-17-20-22-13(10-14-11-19-16(18)24-14)8-5-9-15(22)21(17)12-6-3-2-4-7-12/h2-9,11H,10H2,1H3/q+1. The number of hydrogen-bond donors (Lipinski definition) is 0. The highest BCUT2D eigenvalue weighted by molar-refractivity contribution is 7.15. The van der Waals surface area contributed by atoms with Crippen molar-refractivity contribution in [2.45, 2.75) is 6.42 Å². The Kier molecular flexibility index (Phi) is 3.92. The van der Waals surface area contributed by atoms with Crippen molar-refractivity contribution in [2.24, 2.45) is 0 Å². The molecule has 0 unspecified atom stereocenters. The molecule has 0 aliphatic carbocycles. The fourth-order valence-electron chi connectivity index (χ4n) is 2.68. The van der Waals surface area contributed by atoms with Crippen LogP contribution in [-0.4, -0.2) is 21.8 Å². The van der Waals surface area contributed by atoms with Gasteiger partial charge < -0.3 is 4.74 Å². The van der Waals surface area contributed by atoms with Crippen LogP contribution in [-0.2, 0) is 6.42 Å². The molecule has 0 spiro atoms. The number of ether oxygens (including phenoxy) is 1. The number of halogens is 1. The van der Waals surface area contributed by atoms with E-state index in [1.165, 1.54) is 11.3 Å². The van der Waals surface area contributed by atoms with Gasteiger partial charge in [-0.3, -0.25) is 0 Å². The molecule has 0 radical (unpaired) electrons. The Morgan fingerprint density at radius 3 is 2.71 bits per heavy atom. The van der Waals surface area contributed by atoms with Gasteiger partial charge in [-0.25, -0.2) is 4.98 Å². The fraction of sp³-hybridized carbons (Fsp3) is 0.118. The number of thiazole rings is 1. The molecule has 0 aliphatic rings. The lowest BCUT2D eigenvalue weighted by Crippen LogP contribution is -2.29. The lowest BCUT2D eigenvalue weighted by molar-refractivity contribution is -0.586. The molecule has 0 aliphatic heterocycles. The number of hydrogen-bond acceptors (Lipinski definition) is 4. The summed E-state index contributed by atoms with van der Waals surface area (Å²) in [5.74, 6) is 0. The van der Waals surface area contributed by atoms with Gasteiger partial charge in [0.05, 0.1) is 7.11 Å². The van der Waals surface area contributed by atoms with E-state index in [1.807, 2.05) is 57.6 Å². The van der Waals surface area contributed by atoms with Gasteiger partial charge in [0.1, 0.15) is 11.4 Å². The molecule has 0 saturated heterocycles. The highest BCUT2D eigenvalue weighted by Gasteiger charge is 2.24. The maximum absolute atomic E-state index is 5.94. The largest absolute Gasteiger partial charge is 0.448 e. The number of nitrogens with zero attached hydrogens (tertiary/aromatic N) is 4. The molecule has 24 heavy (non-hydrogen) atoms. The van der Waals surface area contributed by atoms with E-state index in [-0.39, 0.29) is 0 Å². The third kappa shape index (κ3) is 2.64. The van der Waals surface area contributed by atoms with Crippen LogP contribution in [0.25, 0.3) is 11.3 Å². The molecule has 3 heterocycles. The van der Waals surface area contributed by atoms with Gasteiger partial charge in [-0.15, -0.1) is 15.9 Å². The maximum Gasteiger partial charge on any atom is 0.432 e. The average molecular weight is 358 g/mol. The molecule has 0 atom stereocenters. The molecule has 0 saturated carbocycles. The van der Waals surface area contributed by atoms with E-state index in [1.54, 1.807) is 13.3 Å². The van der Waals surface area contributed by atoms with E-state index in [0.717, 1.165) is 21.9 Å². The summed E-state index contributed by atoms with van der Waals surface area (Å²) in [6.45, 7) is 0. The Labute approximate surface area is 147 Å². The molecular weight excluding hydrogens is 344 g/mol. The molecule has 5 nitrogen and oxygen atoms in total. The summed E-state index contributed by atoms with van der Waals surface area (Å²) in [7, 11) is 1.63. The number of benzene rings is 1. The van der Waals surface area contributed by atoms with Crippen LogP contribution in [0, 0.1) is 0 Å². The van der Waals surface area contributed by atoms with Gasteiger partial charge >= 0.3 is 11.7 Å². The first-order valence-corrected chi connectivity index (χ1v) is 8.58. The number of methoxy groups -OCH3 is 1. The highest BCUT2D eigenvalue weighted by atomic mass is 35.5. The summed E-state index contributed by atoms with van der Waals surface area (Å²) in [6, 6.07) is 16.7. The van der Waals surface area contributed by atoms with Gasteiger partial charge in [0.15, 0.2) is 4.47 Å².